The van der Waals surface area contributed by atoms with Crippen molar-refractivity contribution in [2.75, 3.05) is 13.7 Å². The second-order valence-electron chi connectivity index (χ2n) is 6.91. The van der Waals surface area contributed by atoms with E-state index in [0.29, 0.717) is 28.7 Å². The fourth-order valence-corrected chi connectivity index (χ4v) is 3.79. The van der Waals surface area contributed by atoms with Crippen molar-refractivity contribution in [3.8, 4) is 11.5 Å². The topological polar surface area (TPSA) is 89.0 Å². The van der Waals surface area contributed by atoms with E-state index in [-0.39, 0.29) is 11.8 Å². The predicted molar refractivity (Wildman–Crippen MR) is 130 cm³/mol. The first-order chi connectivity index (χ1) is 14.8. The van der Waals surface area contributed by atoms with Crippen molar-refractivity contribution >= 4 is 52.2 Å². The summed E-state index contributed by atoms with van der Waals surface area (Å²) >= 11 is 8.09. The van der Waals surface area contributed by atoms with Gasteiger partial charge in [-0.25, -0.2) is 5.43 Å². The Morgan fingerprint density at radius 2 is 2.00 bits per heavy atom. The molecule has 1 unspecified atom stereocenters. The third kappa shape index (κ3) is 7.10. The van der Waals surface area contributed by atoms with Crippen molar-refractivity contribution in [2.24, 2.45) is 11.0 Å². The average Bonchev–Trinajstić information content (AvgIpc) is 2.71. The smallest absolute Gasteiger partial charge is 0.262 e. The lowest BCUT2D eigenvalue weighted by molar-refractivity contribution is -0.123. The molecule has 0 aliphatic heterocycles. The predicted octanol–water partition coefficient (Wildman–Crippen LogP) is 4.26. The van der Waals surface area contributed by atoms with Crippen LogP contribution < -0.4 is 20.2 Å². The average molecular weight is 558 g/mol. The van der Waals surface area contributed by atoms with Crippen LogP contribution in [-0.2, 0) is 4.79 Å². The summed E-state index contributed by atoms with van der Waals surface area (Å²) in [6, 6.07) is 9.41. The van der Waals surface area contributed by atoms with E-state index in [1.807, 2.05) is 26.8 Å². The molecule has 0 bridgehead atoms. The highest BCUT2D eigenvalue weighted by Gasteiger charge is 2.24. The lowest BCUT2D eigenvalue weighted by atomic mass is 10.0. The second-order valence-corrected chi connectivity index (χ2v) is 8.51. The van der Waals surface area contributed by atoms with Gasteiger partial charge in [-0.1, -0.05) is 31.5 Å². The summed E-state index contributed by atoms with van der Waals surface area (Å²) in [5.41, 5.74) is 3.61. The van der Waals surface area contributed by atoms with Gasteiger partial charge in [0.2, 0.25) is 0 Å². The minimum absolute atomic E-state index is 0.148. The lowest BCUT2D eigenvalue weighted by Crippen LogP contribution is -2.48. The van der Waals surface area contributed by atoms with Gasteiger partial charge in [0, 0.05) is 10.6 Å². The summed E-state index contributed by atoms with van der Waals surface area (Å²) in [6.45, 7) is 6.06. The maximum absolute atomic E-state index is 12.6. The van der Waals surface area contributed by atoms with Gasteiger partial charge >= 0.3 is 0 Å². The van der Waals surface area contributed by atoms with Crippen LogP contribution in [0.2, 0.25) is 5.02 Å². The summed E-state index contributed by atoms with van der Waals surface area (Å²) in [5.74, 6) is 0.289. The third-order valence-electron chi connectivity index (χ3n) is 4.25. The molecule has 0 spiro atoms. The molecule has 0 aromatic heterocycles. The van der Waals surface area contributed by atoms with Gasteiger partial charge in [-0.2, -0.15) is 5.10 Å². The van der Waals surface area contributed by atoms with Crippen LogP contribution >= 0.6 is 34.2 Å². The van der Waals surface area contributed by atoms with E-state index >= 15 is 0 Å². The van der Waals surface area contributed by atoms with Crippen molar-refractivity contribution in [3.63, 3.8) is 0 Å². The molecule has 0 saturated heterocycles. The summed E-state index contributed by atoms with van der Waals surface area (Å²) in [6.07, 6.45) is 1.51. The number of ether oxygens (including phenoxy) is 2. The maximum atomic E-state index is 12.6. The zero-order chi connectivity index (χ0) is 23.0. The highest BCUT2D eigenvalue weighted by Crippen LogP contribution is 2.33. The molecule has 2 aromatic carbocycles. The van der Waals surface area contributed by atoms with Crippen LogP contribution in [-0.4, -0.2) is 37.8 Å². The fourth-order valence-electron chi connectivity index (χ4n) is 2.75. The highest BCUT2D eigenvalue weighted by molar-refractivity contribution is 14.1. The standard InChI is InChI=1S/C22H25ClIN3O4/c1-5-31-18-10-14(9-17(24)20(18)30-4)12-25-27-22(29)19(13(2)3)26-21(28)15-7-6-8-16(23)11-15/h6-13,19H,5H2,1-4H3,(H,26,28)(H,27,29). The van der Waals surface area contributed by atoms with Crippen LogP contribution in [0.3, 0.4) is 0 Å². The SMILES string of the molecule is CCOc1cc(C=NNC(=O)C(NC(=O)c2cccc(Cl)c2)C(C)C)cc(I)c1OC. The highest BCUT2D eigenvalue weighted by atomic mass is 127. The molecule has 2 rings (SSSR count). The van der Waals surface area contributed by atoms with E-state index in [4.69, 9.17) is 21.1 Å². The summed E-state index contributed by atoms with van der Waals surface area (Å²) in [5, 5.41) is 7.22. The number of halogens is 2. The number of carbonyl (C=O) groups excluding carboxylic acids is 2. The quantitative estimate of drug-likeness (QED) is 0.274. The molecule has 2 amide bonds. The number of carbonyl (C=O) groups is 2. The minimum Gasteiger partial charge on any atom is -0.492 e. The molecule has 2 aromatic rings. The Kier molecular flexibility index (Phi) is 9.57. The molecule has 166 valence electrons. The maximum Gasteiger partial charge on any atom is 0.262 e. The Balaban J connectivity index is 2.09. The Morgan fingerprint density at radius 1 is 1.26 bits per heavy atom. The molecule has 0 aliphatic carbocycles. The van der Waals surface area contributed by atoms with Crippen LogP contribution in [0.1, 0.15) is 36.7 Å². The molecule has 31 heavy (non-hydrogen) atoms. The molecular weight excluding hydrogens is 533 g/mol. The number of benzene rings is 2. The monoisotopic (exact) mass is 557 g/mol. The number of hydrazone groups is 1. The van der Waals surface area contributed by atoms with Crippen LogP contribution in [0.4, 0.5) is 0 Å². The zero-order valence-corrected chi connectivity index (χ0v) is 20.7. The fraction of sp³-hybridized carbons (Fsp3) is 0.318. The van der Waals surface area contributed by atoms with Crippen molar-refractivity contribution in [1.82, 2.24) is 10.7 Å². The number of nitrogens with zero attached hydrogens (tertiary/aromatic N) is 1. The van der Waals surface area contributed by atoms with Gasteiger partial charge < -0.3 is 14.8 Å². The van der Waals surface area contributed by atoms with Crippen molar-refractivity contribution in [1.29, 1.82) is 0 Å². The molecule has 1 atom stereocenters. The van der Waals surface area contributed by atoms with E-state index in [1.54, 1.807) is 37.4 Å². The lowest BCUT2D eigenvalue weighted by Gasteiger charge is -2.20. The summed E-state index contributed by atoms with van der Waals surface area (Å²) < 4.78 is 11.8. The van der Waals surface area contributed by atoms with Crippen LogP contribution in [0, 0.1) is 9.49 Å². The Hall–Kier alpha value is -2.33. The van der Waals surface area contributed by atoms with Crippen LogP contribution in [0.25, 0.3) is 0 Å². The van der Waals surface area contributed by atoms with E-state index in [9.17, 15) is 9.59 Å². The van der Waals surface area contributed by atoms with Gasteiger partial charge in [0.05, 0.1) is 23.5 Å². The van der Waals surface area contributed by atoms with E-state index < -0.39 is 11.9 Å². The second kappa shape index (κ2) is 11.9. The van der Waals surface area contributed by atoms with Crippen molar-refractivity contribution in [2.45, 2.75) is 26.8 Å². The number of hydrogen-bond donors (Lipinski definition) is 2. The Bertz CT molecular complexity index is 966. The molecule has 9 heteroatoms. The van der Waals surface area contributed by atoms with Gasteiger partial charge in [-0.05, 0) is 71.3 Å². The Labute approximate surface area is 200 Å². The minimum atomic E-state index is -0.765. The molecule has 2 N–H and O–H groups in total. The number of amides is 2. The molecule has 7 nitrogen and oxygen atoms in total. The summed E-state index contributed by atoms with van der Waals surface area (Å²) in [4.78, 5) is 25.1. The van der Waals surface area contributed by atoms with Crippen LogP contribution in [0.15, 0.2) is 41.5 Å². The summed E-state index contributed by atoms with van der Waals surface area (Å²) in [7, 11) is 1.58. The largest absolute Gasteiger partial charge is 0.492 e. The number of nitrogens with one attached hydrogen (secondary N) is 2. The third-order valence-corrected chi connectivity index (χ3v) is 5.28. The molecule has 0 aliphatic rings. The van der Waals surface area contributed by atoms with Crippen LogP contribution in [0.5, 0.6) is 11.5 Å². The normalized spacial score (nSPS) is 12.0. The van der Waals surface area contributed by atoms with Gasteiger partial charge in [0.1, 0.15) is 6.04 Å². The molecular formula is C22H25ClIN3O4. The van der Waals surface area contributed by atoms with Crippen molar-refractivity contribution < 1.29 is 19.1 Å². The molecule has 0 fully saturated rings. The van der Waals surface area contributed by atoms with Gasteiger partial charge in [0.15, 0.2) is 11.5 Å². The number of methoxy groups -OCH3 is 1. The zero-order valence-electron chi connectivity index (χ0n) is 17.7. The van der Waals surface area contributed by atoms with Gasteiger partial charge in [0.25, 0.3) is 11.8 Å². The first-order valence-corrected chi connectivity index (χ1v) is 11.1. The molecule has 0 radical (unpaired) electrons. The van der Waals surface area contributed by atoms with E-state index in [2.05, 4.69) is 38.4 Å². The number of hydrogen-bond acceptors (Lipinski definition) is 5. The Morgan fingerprint density at radius 3 is 2.61 bits per heavy atom. The van der Waals surface area contributed by atoms with E-state index in [1.165, 1.54) is 6.21 Å². The van der Waals surface area contributed by atoms with Gasteiger partial charge in [-0.15, -0.1) is 0 Å². The van der Waals surface area contributed by atoms with Crippen molar-refractivity contribution in [3.05, 3.63) is 56.1 Å². The first-order valence-electron chi connectivity index (χ1n) is 9.66. The molecule has 0 saturated carbocycles. The molecule has 0 heterocycles. The first kappa shape index (κ1) is 24.9. The number of rotatable bonds is 9. The van der Waals surface area contributed by atoms with E-state index in [0.717, 1.165) is 9.13 Å². The van der Waals surface area contributed by atoms with Gasteiger partial charge in [-0.3, -0.25) is 9.59 Å².